The Balaban J connectivity index is 3.64. The van der Waals surface area contributed by atoms with E-state index in [4.69, 9.17) is 5.73 Å². The molecule has 0 aliphatic heterocycles. The van der Waals surface area contributed by atoms with Gasteiger partial charge in [0.15, 0.2) is 0 Å². The monoisotopic (exact) mass is 228 g/mol. The molecule has 0 aromatic carbocycles. The highest BCUT2D eigenvalue weighted by Crippen LogP contribution is 2.25. The van der Waals surface area contributed by atoms with Gasteiger partial charge in [-0.15, -0.1) is 0 Å². The molecule has 0 saturated heterocycles. The van der Waals surface area contributed by atoms with Crippen LogP contribution in [0.2, 0.25) is 0 Å². The lowest BCUT2D eigenvalue weighted by Crippen LogP contribution is -2.27. The summed E-state index contributed by atoms with van der Waals surface area (Å²) in [5.74, 6) is 0.819. The van der Waals surface area contributed by atoms with Gasteiger partial charge >= 0.3 is 0 Å². The molecule has 0 spiro atoms. The first-order valence-electron chi connectivity index (χ1n) is 6.34. The van der Waals surface area contributed by atoms with Crippen molar-refractivity contribution in [3.05, 3.63) is 0 Å². The second-order valence-electron chi connectivity index (χ2n) is 5.74. The van der Waals surface area contributed by atoms with Gasteiger partial charge in [-0.2, -0.15) is 0 Å². The topological polar surface area (TPSA) is 55.1 Å². The zero-order valence-corrected chi connectivity index (χ0v) is 11.3. The van der Waals surface area contributed by atoms with E-state index in [1.54, 1.807) is 0 Å². The largest absolute Gasteiger partial charge is 0.356 e. The molecule has 3 nitrogen and oxygen atoms in total. The molecule has 16 heavy (non-hydrogen) atoms. The van der Waals surface area contributed by atoms with Gasteiger partial charge in [-0.1, -0.05) is 27.7 Å². The Morgan fingerprint density at radius 1 is 1.31 bits per heavy atom. The third-order valence-electron chi connectivity index (χ3n) is 2.89. The minimum absolute atomic E-state index is 0.172. The Kier molecular flexibility index (Phi) is 7.39. The number of hydrogen-bond acceptors (Lipinski definition) is 2. The van der Waals surface area contributed by atoms with Crippen LogP contribution >= 0.6 is 0 Å². The minimum atomic E-state index is 0.172. The van der Waals surface area contributed by atoms with Crippen molar-refractivity contribution >= 4 is 5.91 Å². The number of carbonyl (C=O) groups excluding carboxylic acids is 1. The van der Waals surface area contributed by atoms with E-state index in [0.717, 1.165) is 25.8 Å². The minimum Gasteiger partial charge on any atom is -0.356 e. The molecular formula is C13H28N2O. The van der Waals surface area contributed by atoms with Crippen molar-refractivity contribution in [3.63, 3.8) is 0 Å². The predicted molar refractivity (Wildman–Crippen MR) is 69.2 cm³/mol. The zero-order chi connectivity index (χ0) is 12.6. The molecule has 0 aromatic heterocycles. The predicted octanol–water partition coefficient (Wildman–Crippen LogP) is 2.30. The van der Waals surface area contributed by atoms with Gasteiger partial charge in [0.05, 0.1) is 0 Å². The summed E-state index contributed by atoms with van der Waals surface area (Å²) < 4.78 is 0. The van der Waals surface area contributed by atoms with Crippen LogP contribution in [0.15, 0.2) is 0 Å². The SMILES string of the molecule is CC(C)CCNC(=O)CCC(C)(C)CCN. The average Bonchev–Trinajstić information content (AvgIpc) is 2.14. The van der Waals surface area contributed by atoms with E-state index in [1.165, 1.54) is 0 Å². The van der Waals surface area contributed by atoms with Crippen molar-refractivity contribution in [3.8, 4) is 0 Å². The van der Waals surface area contributed by atoms with E-state index in [0.29, 0.717) is 18.9 Å². The van der Waals surface area contributed by atoms with Crippen LogP contribution in [0, 0.1) is 11.3 Å². The van der Waals surface area contributed by atoms with Crippen molar-refractivity contribution in [2.45, 2.75) is 53.4 Å². The van der Waals surface area contributed by atoms with Crippen LogP contribution in [0.3, 0.4) is 0 Å². The second kappa shape index (κ2) is 7.66. The first-order chi connectivity index (χ1) is 7.37. The van der Waals surface area contributed by atoms with Gasteiger partial charge in [-0.05, 0) is 37.1 Å². The molecule has 0 aromatic rings. The van der Waals surface area contributed by atoms with Gasteiger partial charge in [-0.25, -0.2) is 0 Å². The number of amides is 1. The van der Waals surface area contributed by atoms with Crippen LogP contribution in [0.5, 0.6) is 0 Å². The fourth-order valence-corrected chi connectivity index (χ4v) is 1.56. The lowest BCUT2D eigenvalue weighted by Gasteiger charge is -2.23. The maximum Gasteiger partial charge on any atom is 0.220 e. The summed E-state index contributed by atoms with van der Waals surface area (Å²) in [6, 6.07) is 0. The molecule has 0 saturated carbocycles. The first-order valence-corrected chi connectivity index (χ1v) is 6.34. The third-order valence-corrected chi connectivity index (χ3v) is 2.89. The van der Waals surface area contributed by atoms with E-state index < -0.39 is 0 Å². The van der Waals surface area contributed by atoms with Gasteiger partial charge in [0.2, 0.25) is 5.91 Å². The molecule has 0 heterocycles. The van der Waals surface area contributed by atoms with Crippen molar-refractivity contribution < 1.29 is 4.79 Å². The summed E-state index contributed by atoms with van der Waals surface area (Å²) >= 11 is 0. The van der Waals surface area contributed by atoms with Gasteiger partial charge in [0.25, 0.3) is 0 Å². The molecule has 3 heteroatoms. The molecule has 0 aliphatic carbocycles. The Labute approximate surface area is 100 Å². The molecular weight excluding hydrogens is 200 g/mol. The zero-order valence-electron chi connectivity index (χ0n) is 11.3. The molecule has 3 N–H and O–H groups in total. The van der Waals surface area contributed by atoms with Crippen LogP contribution in [0.1, 0.15) is 53.4 Å². The number of hydrogen-bond donors (Lipinski definition) is 2. The van der Waals surface area contributed by atoms with Gasteiger partial charge in [0, 0.05) is 13.0 Å². The molecule has 0 bridgehead atoms. The summed E-state index contributed by atoms with van der Waals surface area (Å²) in [7, 11) is 0. The number of carbonyl (C=O) groups is 1. The van der Waals surface area contributed by atoms with E-state index >= 15 is 0 Å². The lowest BCUT2D eigenvalue weighted by atomic mass is 9.84. The number of nitrogens with one attached hydrogen (secondary N) is 1. The van der Waals surface area contributed by atoms with Crippen LogP contribution in [0.25, 0.3) is 0 Å². The van der Waals surface area contributed by atoms with Crippen molar-refractivity contribution in [2.75, 3.05) is 13.1 Å². The van der Waals surface area contributed by atoms with Crippen LogP contribution in [-0.4, -0.2) is 19.0 Å². The molecule has 0 unspecified atom stereocenters. The summed E-state index contributed by atoms with van der Waals surface area (Å²) in [5, 5.41) is 2.96. The van der Waals surface area contributed by atoms with E-state index in [-0.39, 0.29) is 11.3 Å². The van der Waals surface area contributed by atoms with Crippen LogP contribution in [-0.2, 0) is 4.79 Å². The summed E-state index contributed by atoms with van der Waals surface area (Å²) in [6.07, 6.45) is 3.56. The van der Waals surface area contributed by atoms with Gasteiger partial charge in [0.1, 0.15) is 0 Å². The van der Waals surface area contributed by atoms with Gasteiger partial charge < -0.3 is 11.1 Å². The van der Waals surface area contributed by atoms with E-state index in [2.05, 4.69) is 33.0 Å². The average molecular weight is 228 g/mol. The molecule has 96 valence electrons. The molecule has 0 aliphatic rings. The quantitative estimate of drug-likeness (QED) is 0.670. The molecule has 0 rings (SSSR count). The second-order valence-corrected chi connectivity index (χ2v) is 5.74. The van der Waals surface area contributed by atoms with E-state index in [1.807, 2.05) is 0 Å². The van der Waals surface area contributed by atoms with Crippen LogP contribution in [0.4, 0.5) is 0 Å². The molecule has 0 fully saturated rings. The number of rotatable bonds is 8. The molecule has 0 radical (unpaired) electrons. The highest BCUT2D eigenvalue weighted by atomic mass is 16.1. The van der Waals surface area contributed by atoms with Crippen molar-refractivity contribution in [2.24, 2.45) is 17.1 Å². The Morgan fingerprint density at radius 3 is 2.44 bits per heavy atom. The molecule has 0 atom stereocenters. The lowest BCUT2D eigenvalue weighted by molar-refractivity contribution is -0.121. The fourth-order valence-electron chi connectivity index (χ4n) is 1.56. The fraction of sp³-hybridized carbons (Fsp3) is 0.923. The van der Waals surface area contributed by atoms with Crippen molar-refractivity contribution in [1.29, 1.82) is 0 Å². The summed E-state index contributed by atoms with van der Waals surface area (Å²) in [5.41, 5.74) is 5.72. The maximum atomic E-state index is 11.5. The smallest absolute Gasteiger partial charge is 0.220 e. The number of nitrogens with two attached hydrogens (primary N) is 1. The van der Waals surface area contributed by atoms with Crippen LogP contribution < -0.4 is 11.1 Å². The third kappa shape index (κ3) is 8.72. The van der Waals surface area contributed by atoms with E-state index in [9.17, 15) is 4.79 Å². The van der Waals surface area contributed by atoms with Crippen molar-refractivity contribution in [1.82, 2.24) is 5.32 Å². The summed E-state index contributed by atoms with van der Waals surface area (Å²) in [4.78, 5) is 11.5. The summed E-state index contributed by atoms with van der Waals surface area (Å²) in [6.45, 7) is 10.2. The van der Waals surface area contributed by atoms with Gasteiger partial charge in [-0.3, -0.25) is 4.79 Å². The Bertz CT molecular complexity index is 200. The first kappa shape index (κ1) is 15.4. The molecule has 1 amide bonds. The highest BCUT2D eigenvalue weighted by Gasteiger charge is 2.17. The standard InChI is InChI=1S/C13H28N2O/c1-11(2)6-10-15-12(16)5-7-13(3,4)8-9-14/h11H,5-10,14H2,1-4H3,(H,15,16). The normalized spacial score (nSPS) is 11.9. The highest BCUT2D eigenvalue weighted by molar-refractivity contribution is 5.75. The maximum absolute atomic E-state index is 11.5. The Hall–Kier alpha value is -0.570. The Morgan fingerprint density at radius 2 is 1.94 bits per heavy atom.